The Bertz CT molecular complexity index is 1050. The van der Waals surface area contributed by atoms with Crippen LogP contribution in [0.5, 0.6) is 0 Å². The minimum atomic E-state index is -0.447. The fourth-order valence-electron chi connectivity index (χ4n) is 2.30. The SMILES string of the molecule is C=CCn1c(=NC(=O)Cc2ccc(Cl)s2)sc2ccc([N+](=O)[O-])cc21. The summed E-state index contributed by atoms with van der Waals surface area (Å²) >= 11 is 8.52. The highest BCUT2D eigenvalue weighted by atomic mass is 35.5. The lowest BCUT2D eigenvalue weighted by atomic mass is 10.3. The number of hydrogen-bond donors (Lipinski definition) is 0. The maximum atomic E-state index is 12.3. The quantitative estimate of drug-likeness (QED) is 0.370. The molecule has 2 aromatic heterocycles. The summed E-state index contributed by atoms with van der Waals surface area (Å²) in [5.41, 5.74) is 0.652. The summed E-state index contributed by atoms with van der Waals surface area (Å²) in [4.78, 5) is 28.3. The lowest BCUT2D eigenvalue weighted by Crippen LogP contribution is -2.16. The van der Waals surface area contributed by atoms with Crippen molar-refractivity contribution in [2.24, 2.45) is 4.99 Å². The molecule has 0 spiro atoms. The van der Waals surface area contributed by atoms with Gasteiger partial charge in [-0.25, -0.2) is 0 Å². The van der Waals surface area contributed by atoms with Crippen LogP contribution in [-0.4, -0.2) is 15.4 Å². The lowest BCUT2D eigenvalue weighted by molar-refractivity contribution is -0.384. The zero-order chi connectivity index (χ0) is 18.0. The molecule has 0 unspecified atom stereocenters. The van der Waals surface area contributed by atoms with Crippen LogP contribution in [0.1, 0.15) is 4.88 Å². The molecule has 0 atom stereocenters. The minimum absolute atomic E-state index is 0.00536. The molecule has 2 heterocycles. The van der Waals surface area contributed by atoms with Crippen molar-refractivity contribution in [3.63, 3.8) is 0 Å². The van der Waals surface area contributed by atoms with Crippen molar-refractivity contribution in [2.75, 3.05) is 0 Å². The molecule has 0 bridgehead atoms. The standard InChI is InChI=1S/C16H12ClN3O3S2/c1-2-7-19-12-8-10(20(22)23)3-5-13(12)25-16(19)18-15(21)9-11-4-6-14(17)24-11/h2-6,8H,1,7,9H2. The molecule has 3 aromatic rings. The summed E-state index contributed by atoms with van der Waals surface area (Å²) in [5.74, 6) is -0.294. The van der Waals surface area contributed by atoms with E-state index in [1.54, 1.807) is 28.8 Å². The van der Waals surface area contributed by atoms with Crippen LogP contribution in [0.4, 0.5) is 5.69 Å². The molecule has 0 fully saturated rings. The van der Waals surface area contributed by atoms with Crippen molar-refractivity contribution in [1.82, 2.24) is 4.57 Å². The van der Waals surface area contributed by atoms with Gasteiger partial charge >= 0.3 is 0 Å². The number of hydrogen-bond acceptors (Lipinski definition) is 5. The van der Waals surface area contributed by atoms with Crippen LogP contribution >= 0.6 is 34.3 Å². The van der Waals surface area contributed by atoms with Crippen LogP contribution in [0, 0.1) is 10.1 Å². The predicted octanol–water partition coefficient (Wildman–Crippen LogP) is 4.18. The molecule has 0 N–H and O–H groups in total. The predicted molar refractivity (Wildman–Crippen MR) is 100 cm³/mol. The normalized spacial score (nSPS) is 11.8. The summed E-state index contributed by atoms with van der Waals surface area (Å²) in [6.07, 6.45) is 1.83. The summed E-state index contributed by atoms with van der Waals surface area (Å²) in [5, 5.41) is 11.0. The maximum absolute atomic E-state index is 12.3. The van der Waals surface area contributed by atoms with Gasteiger partial charge in [-0.1, -0.05) is 29.0 Å². The number of nitro benzene ring substituents is 1. The smallest absolute Gasteiger partial charge is 0.271 e. The lowest BCUT2D eigenvalue weighted by Gasteiger charge is -2.00. The second-order valence-corrected chi connectivity index (χ2v) is 7.89. The molecule has 1 aromatic carbocycles. The van der Waals surface area contributed by atoms with Gasteiger partial charge in [-0.15, -0.1) is 17.9 Å². The third-order valence-corrected chi connectivity index (χ3v) is 5.65. The fourth-order valence-corrected chi connectivity index (χ4v) is 4.42. The van der Waals surface area contributed by atoms with E-state index in [4.69, 9.17) is 11.6 Å². The van der Waals surface area contributed by atoms with E-state index in [2.05, 4.69) is 11.6 Å². The van der Waals surface area contributed by atoms with Gasteiger partial charge < -0.3 is 4.57 Å². The topological polar surface area (TPSA) is 77.5 Å². The molecule has 128 valence electrons. The summed E-state index contributed by atoms with van der Waals surface area (Å²) in [7, 11) is 0. The van der Waals surface area contributed by atoms with Gasteiger partial charge in [-0.05, 0) is 18.2 Å². The van der Waals surface area contributed by atoms with Crippen LogP contribution in [0.15, 0.2) is 48.0 Å². The van der Waals surface area contributed by atoms with Crippen molar-refractivity contribution < 1.29 is 9.72 Å². The van der Waals surface area contributed by atoms with Crippen molar-refractivity contribution in [3.05, 3.63) is 67.1 Å². The Morgan fingerprint density at radius 1 is 1.36 bits per heavy atom. The molecule has 0 saturated heterocycles. The van der Waals surface area contributed by atoms with Crippen LogP contribution in [0.25, 0.3) is 10.2 Å². The number of thiazole rings is 1. The zero-order valence-corrected chi connectivity index (χ0v) is 15.2. The number of aromatic nitrogens is 1. The van der Waals surface area contributed by atoms with E-state index < -0.39 is 4.92 Å². The van der Waals surface area contributed by atoms with Gasteiger partial charge in [0.05, 0.1) is 25.9 Å². The van der Waals surface area contributed by atoms with Crippen LogP contribution in [0.3, 0.4) is 0 Å². The van der Waals surface area contributed by atoms with Crippen molar-refractivity contribution in [1.29, 1.82) is 0 Å². The second-order valence-electron chi connectivity index (χ2n) is 5.08. The van der Waals surface area contributed by atoms with Gasteiger partial charge in [-0.2, -0.15) is 4.99 Å². The molecule has 0 aliphatic heterocycles. The van der Waals surface area contributed by atoms with Gasteiger partial charge in [0.2, 0.25) is 0 Å². The zero-order valence-electron chi connectivity index (χ0n) is 12.8. The Hall–Kier alpha value is -2.29. The average molecular weight is 394 g/mol. The first kappa shape index (κ1) is 17.5. The molecule has 1 amide bonds. The van der Waals surface area contributed by atoms with E-state index in [1.165, 1.54) is 34.8 Å². The van der Waals surface area contributed by atoms with E-state index >= 15 is 0 Å². The third kappa shape index (κ3) is 3.87. The number of fused-ring (bicyclic) bond motifs is 1. The number of allylic oxidation sites excluding steroid dienone is 1. The molecule has 0 saturated carbocycles. The Balaban J connectivity index is 2.04. The first-order valence-electron chi connectivity index (χ1n) is 7.18. The van der Waals surface area contributed by atoms with E-state index in [0.717, 1.165) is 9.58 Å². The highest BCUT2D eigenvalue weighted by molar-refractivity contribution is 7.16. The first-order chi connectivity index (χ1) is 12.0. The molecule has 0 radical (unpaired) electrons. The van der Waals surface area contributed by atoms with Crippen LogP contribution < -0.4 is 4.80 Å². The summed E-state index contributed by atoms with van der Waals surface area (Å²) in [6.45, 7) is 4.10. The molecule has 0 aliphatic rings. The average Bonchev–Trinajstić information content (AvgIpc) is 3.11. The fraction of sp³-hybridized carbons (Fsp3) is 0.125. The Labute approximate surface area is 155 Å². The van der Waals surface area contributed by atoms with Crippen LogP contribution in [0.2, 0.25) is 4.34 Å². The summed E-state index contributed by atoms with van der Waals surface area (Å²) in [6, 6.07) is 8.13. The highest BCUT2D eigenvalue weighted by Gasteiger charge is 2.13. The number of amides is 1. The number of rotatable bonds is 5. The largest absolute Gasteiger partial charge is 0.312 e. The Morgan fingerprint density at radius 3 is 2.80 bits per heavy atom. The molecule has 3 rings (SSSR count). The van der Waals surface area contributed by atoms with Gasteiger partial charge in [-0.3, -0.25) is 14.9 Å². The molecule has 0 aliphatic carbocycles. The van der Waals surface area contributed by atoms with E-state index in [1.807, 2.05) is 0 Å². The number of non-ortho nitro benzene ring substituents is 1. The number of nitrogens with zero attached hydrogens (tertiary/aromatic N) is 3. The van der Waals surface area contributed by atoms with E-state index in [0.29, 0.717) is 21.2 Å². The molecule has 25 heavy (non-hydrogen) atoms. The first-order valence-corrected chi connectivity index (χ1v) is 9.19. The van der Waals surface area contributed by atoms with Gasteiger partial charge in [0, 0.05) is 23.6 Å². The van der Waals surface area contributed by atoms with E-state index in [9.17, 15) is 14.9 Å². The molecular formula is C16H12ClN3O3S2. The number of halogens is 1. The number of thiophene rings is 1. The molecule has 6 nitrogen and oxygen atoms in total. The monoisotopic (exact) mass is 393 g/mol. The highest BCUT2D eigenvalue weighted by Crippen LogP contribution is 2.24. The van der Waals surface area contributed by atoms with Crippen LogP contribution in [-0.2, 0) is 17.8 Å². The Morgan fingerprint density at radius 2 is 2.16 bits per heavy atom. The number of benzene rings is 1. The number of carbonyl (C=O) groups excluding carboxylic acids is 1. The van der Waals surface area contributed by atoms with Crippen molar-refractivity contribution >= 4 is 56.1 Å². The van der Waals surface area contributed by atoms with Crippen molar-refractivity contribution in [2.45, 2.75) is 13.0 Å². The van der Waals surface area contributed by atoms with Gasteiger partial charge in [0.1, 0.15) is 0 Å². The number of carbonyl (C=O) groups is 1. The molecule has 9 heteroatoms. The maximum Gasteiger partial charge on any atom is 0.271 e. The number of nitro groups is 1. The molecular weight excluding hydrogens is 382 g/mol. The third-order valence-electron chi connectivity index (χ3n) is 3.36. The van der Waals surface area contributed by atoms with Gasteiger partial charge in [0.15, 0.2) is 4.80 Å². The summed E-state index contributed by atoms with van der Waals surface area (Å²) < 4.78 is 3.19. The second kappa shape index (κ2) is 7.30. The minimum Gasteiger partial charge on any atom is -0.312 e. The Kier molecular flexibility index (Phi) is 5.12. The van der Waals surface area contributed by atoms with Crippen molar-refractivity contribution in [3.8, 4) is 0 Å². The van der Waals surface area contributed by atoms with E-state index in [-0.39, 0.29) is 18.0 Å². The van der Waals surface area contributed by atoms with Gasteiger partial charge in [0.25, 0.3) is 11.6 Å².